The number of aryl methyl sites for hydroxylation is 2. The highest BCUT2D eigenvalue weighted by atomic mass is 32.2. The predicted octanol–water partition coefficient (Wildman–Crippen LogP) is 3.23. The van der Waals surface area contributed by atoms with Gasteiger partial charge in [0.25, 0.3) is 0 Å². The maximum absolute atomic E-state index is 12.5. The van der Waals surface area contributed by atoms with Crippen LogP contribution in [0.4, 0.5) is 11.4 Å². The number of hydrogen-bond donors (Lipinski definition) is 1. The second-order valence-electron chi connectivity index (χ2n) is 7.23. The molecule has 1 amide bonds. The van der Waals surface area contributed by atoms with Crippen LogP contribution in [-0.2, 0) is 21.4 Å². The summed E-state index contributed by atoms with van der Waals surface area (Å²) in [6.45, 7) is 10.00. The van der Waals surface area contributed by atoms with Crippen molar-refractivity contribution in [2.24, 2.45) is 0 Å². The molecule has 0 spiro atoms. The van der Waals surface area contributed by atoms with Gasteiger partial charge in [-0.25, -0.2) is 8.42 Å². The van der Waals surface area contributed by atoms with Gasteiger partial charge in [0, 0.05) is 25.3 Å². The number of amides is 1. The van der Waals surface area contributed by atoms with E-state index in [-0.39, 0.29) is 12.5 Å². The lowest BCUT2D eigenvalue weighted by Crippen LogP contribution is -2.40. The molecule has 6 nitrogen and oxygen atoms in total. The van der Waals surface area contributed by atoms with E-state index in [2.05, 4.69) is 24.1 Å². The van der Waals surface area contributed by atoms with E-state index in [4.69, 9.17) is 0 Å². The summed E-state index contributed by atoms with van der Waals surface area (Å²) in [6, 6.07) is 13.5. The average molecular weight is 418 g/mol. The molecule has 0 unspecified atom stereocenters. The Balaban J connectivity index is 2.05. The third kappa shape index (κ3) is 6.49. The molecule has 0 radical (unpaired) electrons. The van der Waals surface area contributed by atoms with Gasteiger partial charge in [0.05, 0.1) is 11.9 Å². The van der Waals surface area contributed by atoms with E-state index < -0.39 is 10.0 Å². The Morgan fingerprint density at radius 2 is 1.48 bits per heavy atom. The van der Waals surface area contributed by atoms with Crippen LogP contribution in [-0.4, -0.2) is 40.2 Å². The lowest BCUT2D eigenvalue weighted by atomic mass is 10.1. The molecule has 29 heavy (non-hydrogen) atoms. The highest BCUT2D eigenvalue weighted by molar-refractivity contribution is 7.92. The molecule has 0 aromatic heterocycles. The minimum atomic E-state index is -3.58. The van der Waals surface area contributed by atoms with Crippen molar-refractivity contribution in [2.75, 3.05) is 35.1 Å². The monoisotopic (exact) mass is 417 g/mol. The van der Waals surface area contributed by atoms with Crippen molar-refractivity contribution in [1.29, 1.82) is 0 Å². The second-order valence-corrected chi connectivity index (χ2v) is 9.14. The van der Waals surface area contributed by atoms with Gasteiger partial charge in [0.1, 0.15) is 6.54 Å². The van der Waals surface area contributed by atoms with E-state index in [1.165, 1.54) is 0 Å². The van der Waals surface area contributed by atoms with Crippen molar-refractivity contribution in [3.8, 4) is 0 Å². The Bertz CT molecular complexity index is 916. The number of carbonyl (C=O) groups is 1. The summed E-state index contributed by atoms with van der Waals surface area (Å²) in [5.41, 5.74) is 4.50. The molecule has 158 valence electrons. The summed E-state index contributed by atoms with van der Waals surface area (Å²) >= 11 is 0. The molecule has 2 aromatic carbocycles. The first-order valence-corrected chi connectivity index (χ1v) is 11.7. The van der Waals surface area contributed by atoms with Crippen molar-refractivity contribution in [3.05, 3.63) is 59.2 Å². The Labute approximate surface area is 174 Å². The van der Waals surface area contributed by atoms with Crippen molar-refractivity contribution in [1.82, 2.24) is 5.32 Å². The highest BCUT2D eigenvalue weighted by Gasteiger charge is 2.21. The molecule has 0 aliphatic heterocycles. The summed E-state index contributed by atoms with van der Waals surface area (Å²) < 4.78 is 25.7. The van der Waals surface area contributed by atoms with E-state index in [9.17, 15) is 13.2 Å². The molecular formula is C22H31N3O3S. The maximum Gasteiger partial charge on any atom is 0.241 e. The van der Waals surface area contributed by atoms with Gasteiger partial charge in [0.2, 0.25) is 15.9 Å². The fraction of sp³-hybridized carbons (Fsp3) is 0.409. The molecule has 0 heterocycles. The van der Waals surface area contributed by atoms with Crippen molar-refractivity contribution in [2.45, 2.75) is 34.2 Å². The first kappa shape index (κ1) is 22.7. The number of hydrogen-bond acceptors (Lipinski definition) is 4. The van der Waals surface area contributed by atoms with Crippen LogP contribution in [0.2, 0.25) is 0 Å². The Kier molecular flexibility index (Phi) is 7.67. The lowest BCUT2D eigenvalue weighted by Gasteiger charge is -2.23. The van der Waals surface area contributed by atoms with Crippen LogP contribution in [0.15, 0.2) is 42.5 Å². The maximum atomic E-state index is 12.5. The molecule has 0 fully saturated rings. The lowest BCUT2D eigenvalue weighted by molar-refractivity contribution is -0.119. The quantitative estimate of drug-likeness (QED) is 0.680. The van der Waals surface area contributed by atoms with E-state index in [0.29, 0.717) is 12.2 Å². The number of anilines is 2. The van der Waals surface area contributed by atoms with Crippen LogP contribution in [0.5, 0.6) is 0 Å². The summed E-state index contributed by atoms with van der Waals surface area (Å²) in [5.74, 6) is -0.345. The van der Waals surface area contributed by atoms with Crippen LogP contribution in [0.3, 0.4) is 0 Å². The second kappa shape index (κ2) is 9.78. The molecule has 7 heteroatoms. The van der Waals surface area contributed by atoms with E-state index >= 15 is 0 Å². The molecule has 1 N–H and O–H groups in total. The van der Waals surface area contributed by atoms with E-state index in [1.807, 2.05) is 44.2 Å². The molecule has 2 rings (SSSR count). The largest absolute Gasteiger partial charge is 0.372 e. The summed E-state index contributed by atoms with van der Waals surface area (Å²) in [7, 11) is -3.58. The van der Waals surface area contributed by atoms with Gasteiger partial charge in [-0.2, -0.15) is 0 Å². The number of nitrogens with one attached hydrogen (secondary N) is 1. The topological polar surface area (TPSA) is 69.7 Å². The average Bonchev–Trinajstić information content (AvgIpc) is 2.64. The molecule has 2 aromatic rings. The van der Waals surface area contributed by atoms with Gasteiger partial charge in [0.15, 0.2) is 0 Å². The van der Waals surface area contributed by atoms with E-state index in [0.717, 1.165) is 46.0 Å². The van der Waals surface area contributed by atoms with Crippen molar-refractivity contribution >= 4 is 27.3 Å². The molecule has 0 bridgehead atoms. The van der Waals surface area contributed by atoms with Crippen LogP contribution >= 0.6 is 0 Å². The first-order chi connectivity index (χ1) is 13.6. The SMILES string of the molecule is CCN(CC)c1ccc(CNC(=O)CN(c2cc(C)cc(C)c2)S(C)(=O)=O)cc1. The third-order valence-corrected chi connectivity index (χ3v) is 5.88. The Morgan fingerprint density at radius 1 is 0.931 bits per heavy atom. The number of nitrogens with zero attached hydrogens (tertiary/aromatic N) is 2. The zero-order valence-electron chi connectivity index (χ0n) is 17.9. The standard InChI is InChI=1S/C22H31N3O3S/c1-6-24(7-2)20-10-8-19(9-11-20)15-23-22(26)16-25(29(5,27)28)21-13-17(3)12-18(4)14-21/h8-14H,6-7,15-16H2,1-5H3,(H,23,26). The van der Waals surface area contributed by atoms with Crippen molar-refractivity contribution in [3.63, 3.8) is 0 Å². The minimum absolute atomic E-state index is 0.251. The highest BCUT2D eigenvalue weighted by Crippen LogP contribution is 2.21. The summed E-state index contributed by atoms with van der Waals surface area (Å²) in [6.07, 6.45) is 1.11. The van der Waals surface area contributed by atoms with E-state index in [1.54, 1.807) is 12.1 Å². The summed E-state index contributed by atoms with van der Waals surface area (Å²) in [4.78, 5) is 14.7. The van der Waals surface area contributed by atoms with Gasteiger partial charge in [-0.05, 0) is 68.7 Å². The minimum Gasteiger partial charge on any atom is -0.372 e. The van der Waals surface area contributed by atoms with Gasteiger partial charge in [-0.1, -0.05) is 18.2 Å². The summed E-state index contributed by atoms with van der Waals surface area (Å²) in [5, 5.41) is 2.82. The molecule has 0 aliphatic rings. The molecule has 0 atom stereocenters. The fourth-order valence-electron chi connectivity index (χ4n) is 3.30. The molecular weight excluding hydrogens is 386 g/mol. The first-order valence-electron chi connectivity index (χ1n) is 9.80. The zero-order chi connectivity index (χ0) is 21.6. The predicted molar refractivity (Wildman–Crippen MR) is 120 cm³/mol. The van der Waals surface area contributed by atoms with Gasteiger partial charge >= 0.3 is 0 Å². The third-order valence-electron chi connectivity index (χ3n) is 4.74. The smallest absolute Gasteiger partial charge is 0.241 e. The Morgan fingerprint density at radius 3 is 1.97 bits per heavy atom. The molecule has 0 saturated heterocycles. The molecule has 0 saturated carbocycles. The van der Waals surface area contributed by atoms with Crippen LogP contribution in [0.1, 0.15) is 30.5 Å². The number of benzene rings is 2. The van der Waals surface area contributed by atoms with Crippen molar-refractivity contribution < 1.29 is 13.2 Å². The number of rotatable bonds is 9. The molecule has 0 aliphatic carbocycles. The number of carbonyl (C=O) groups excluding carboxylic acids is 1. The Hall–Kier alpha value is -2.54. The van der Waals surface area contributed by atoms with Crippen LogP contribution < -0.4 is 14.5 Å². The number of sulfonamides is 1. The fourth-order valence-corrected chi connectivity index (χ4v) is 4.14. The normalized spacial score (nSPS) is 11.2. The van der Waals surface area contributed by atoms with Gasteiger partial charge < -0.3 is 10.2 Å². The zero-order valence-corrected chi connectivity index (χ0v) is 18.7. The van der Waals surface area contributed by atoms with Gasteiger partial charge in [-0.3, -0.25) is 9.10 Å². The van der Waals surface area contributed by atoms with Crippen LogP contribution in [0.25, 0.3) is 0 Å². The van der Waals surface area contributed by atoms with Crippen LogP contribution in [0, 0.1) is 13.8 Å². The van der Waals surface area contributed by atoms with Gasteiger partial charge in [-0.15, -0.1) is 0 Å².